The normalized spacial score (nSPS) is 25.7. The first kappa shape index (κ1) is 18.7. The van der Waals surface area contributed by atoms with Gasteiger partial charge in [-0.25, -0.2) is 13.2 Å². The van der Waals surface area contributed by atoms with Gasteiger partial charge in [0.25, 0.3) is 0 Å². The number of hydrogen-bond acceptors (Lipinski definition) is 7. The van der Waals surface area contributed by atoms with E-state index in [0.717, 1.165) is 11.8 Å². The number of β-lactam (4-membered cyclic amide) rings is 1. The number of esters is 2. The summed E-state index contributed by atoms with van der Waals surface area (Å²) in [4.78, 5) is 36.3. The molecule has 2 rings (SSSR count). The number of carbonyl (C=O) groups excluding carboxylic acids is 3. The summed E-state index contributed by atoms with van der Waals surface area (Å²) >= 11 is 5.81. The van der Waals surface area contributed by atoms with Crippen molar-refractivity contribution < 1.29 is 32.3 Å². The van der Waals surface area contributed by atoms with Gasteiger partial charge >= 0.3 is 11.9 Å². The summed E-state index contributed by atoms with van der Waals surface area (Å²) in [7, 11) is -3.80. The smallest absolute Gasteiger partial charge is 0.355 e. The first-order valence-corrected chi connectivity index (χ1v) is 9.28. The Balaban J connectivity index is 2.48. The lowest BCUT2D eigenvalue weighted by Gasteiger charge is -2.47. The van der Waals surface area contributed by atoms with E-state index >= 15 is 0 Å². The predicted molar refractivity (Wildman–Crippen MR) is 83.6 cm³/mol. The van der Waals surface area contributed by atoms with Crippen molar-refractivity contribution in [2.24, 2.45) is 0 Å². The molecule has 1 amide bonds. The molecule has 0 radical (unpaired) electrons. The lowest BCUT2D eigenvalue weighted by Crippen LogP contribution is -2.68. The van der Waals surface area contributed by atoms with Crippen LogP contribution in [0.5, 0.6) is 0 Å². The van der Waals surface area contributed by atoms with E-state index in [2.05, 4.69) is 0 Å². The van der Waals surface area contributed by atoms with E-state index in [1.807, 2.05) is 0 Å². The average Bonchev–Trinajstić information content (AvgIpc) is 2.40. The number of sulfone groups is 1. The van der Waals surface area contributed by atoms with E-state index < -0.39 is 56.4 Å². The minimum atomic E-state index is -3.80. The Labute approximate surface area is 144 Å². The van der Waals surface area contributed by atoms with E-state index in [-0.39, 0.29) is 11.3 Å². The van der Waals surface area contributed by atoms with Crippen molar-refractivity contribution in [3.05, 3.63) is 11.3 Å². The van der Waals surface area contributed by atoms with Gasteiger partial charge in [-0.1, -0.05) is 0 Å². The van der Waals surface area contributed by atoms with E-state index in [4.69, 9.17) is 21.1 Å². The van der Waals surface area contributed by atoms with Gasteiger partial charge in [0.2, 0.25) is 5.91 Å². The summed E-state index contributed by atoms with van der Waals surface area (Å²) in [6.45, 7) is 5.63. The van der Waals surface area contributed by atoms with Crippen molar-refractivity contribution in [3.63, 3.8) is 0 Å². The molecule has 2 aliphatic heterocycles. The molecule has 0 saturated carbocycles. The molecule has 1 saturated heterocycles. The topological polar surface area (TPSA) is 107 Å². The first-order valence-electron chi connectivity index (χ1n) is 7.12. The molecule has 0 aromatic rings. The molecule has 0 spiro atoms. The number of ether oxygens (including phenoxy) is 2. The minimum absolute atomic E-state index is 0.00684. The average molecular weight is 380 g/mol. The van der Waals surface area contributed by atoms with Crippen molar-refractivity contribution in [1.82, 2.24) is 4.90 Å². The van der Waals surface area contributed by atoms with Gasteiger partial charge in [-0.15, -0.1) is 11.6 Å². The predicted octanol–water partition coefficient (Wildman–Crippen LogP) is 0.349. The zero-order chi connectivity index (χ0) is 18.4. The molecule has 8 nitrogen and oxygen atoms in total. The minimum Gasteiger partial charge on any atom is -0.461 e. The fourth-order valence-electron chi connectivity index (χ4n) is 2.44. The molecule has 2 atom stereocenters. The highest BCUT2D eigenvalue weighted by molar-refractivity contribution is 7.92. The van der Waals surface area contributed by atoms with Crippen LogP contribution in [0.25, 0.3) is 0 Å². The second kappa shape index (κ2) is 6.03. The Morgan fingerprint density at radius 2 is 1.92 bits per heavy atom. The summed E-state index contributed by atoms with van der Waals surface area (Å²) < 4.78 is 34.7. The standard InChI is InChI=1S/C14H18ClNO7S/c1-7(17)22-5-8-6-24(20,21)12-9(15)11(18)16(12)10(8)13(19)23-14(2,3)4/h9,12H,5-6H2,1-4H3/t9-,12?/m0/s1. The number of amides is 1. The molecule has 0 aromatic heterocycles. The molecule has 0 aromatic carbocycles. The zero-order valence-electron chi connectivity index (χ0n) is 13.7. The lowest BCUT2D eigenvalue weighted by atomic mass is 10.1. The number of carbonyl (C=O) groups is 3. The van der Waals surface area contributed by atoms with Crippen LogP contribution in [-0.2, 0) is 33.7 Å². The molecular formula is C14H18ClNO7S. The monoisotopic (exact) mass is 379 g/mol. The summed E-state index contributed by atoms with van der Waals surface area (Å²) in [6.07, 6.45) is 0. The van der Waals surface area contributed by atoms with Crippen molar-refractivity contribution >= 4 is 39.3 Å². The number of alkyl halides is 1. The largest absolute Gasteiger partial charge is 0.461 e. The van der Waals surface area contributed by atoms with Crippen molar-refractivity contribution in [3.8, 4) is 0 Å². The Morgan fingerprint density at radius 3 is 2.42 bits per heavy atom. The first-order chi connectivity index (χ1) is 10.8. The van der Waals surface area contributed by atoms with Gasteiger partial charge in [-0.05, 0) is 20.8 Å². The van der Waals surface area contributed by atoms with Crippen LogP contribution in [0.3, 0.4) is 0 Å². The van der Waals surface area contributed by atoms with Crippen molar-refractivity contribution in [1.29, 1.82) is 0 Å². The maximum Gasteiger partial charge on any atom is 0.355 e. The molecule has 1 fully saturated rings. The molecule has 2 heterocycles. The molecule has 1 unspecified atom stereocenters. The Kier molecular flexibility index (Phi) is 4.71. The molecule has 2 aliphatic rings. The zero-order valence-corrected chi connectivity index (χ0v) is 15.2. The number of nitrogens with zero attached hydrogens (tertiary/aromatic N) is 1. The number of fused-ring (bicyclic) bond motifs is 1. The second-order valence-electron chi connectivity index (χ2n) is 6.54. The van der Waals surface area contributed by atoms with E-state index in [1.165, 1.54) is 0 Å². The second-order valence-corrected chi connectivity index (χ2v) is 9.11. The summed E-state index contributed by atoms with van der Waals surface area (Å²) in [5.41, 5.74) is -1.07. The van der Waals surface area contributed by atoms with Crippen LogP contribution < -0.4 is 0 Å². The third kappa shape index (κ3) is 3.41. The van der Waals surface area contributed by atoms with Gasteiger partial charge in [0, 0.05) is 12.5 Å². The molecule has 0 N–H and O–H groups in total. The van der Waals surface area contributed by atoms with Crippen LogP contribution in [0.1, 0.15) is 27.7 Å². The van der Waals surface area contributed by atoms with E-state index in [9.17, 15) is 22.8 Å². The highest BCUT2D eigenvalue weighted by Gasteiger charge is 2.59. The molecule has 0 aliphatic carbocycles. The van der Waals surface area contributed by atoms with Crippen LogP contribution >= 0.6 is 11.6 Å². The maximum atomic E-state index is 12.5. The number of halogens is 1. The fraction of sp³-hybridized carbons (Fsp3) is 0.643. The Morgan fingerprint density at radius 1 is 1.33 bits per heavy atom. The fourth-order valence-corrected chi connectivity index (χ4v) is 5.02. The van der Waals surface area contributed by atoms with Crippen LogP contribution in [0.15, 0.2) is 11.3 Å². The molecule has 0 bridgehead atoms. The SMILES string of the molecule is CC(=O)OCC1=C(C(=O)OC(C)(C)C)N2C(=O)[C@H](Cl)C2S(=O)(=O)C1. The highest BCUT2D eigenvalue weighted by Crippen LogP contribution is 2.40. The quantitative estimate of drug-likeness (QED) is 0.395. The van der Waals surface area contributed by atoms with Crippen LogP contribution in [0.4, 0.5) is 0 Å². The maximum absolute atomic E-state index is 12.5. The number of rotatable bonds is 3. The summed E-state index contributed by atoms with van der Waals surface area (Å²) in [6, 6.07) is 0. The van der Waals surface area contributed by atoms with Crippen molar-refractivity contribution in [2.75, 3.05) is 12.4 Å². The summed E-state index contributed by atoms with van der Waals surface area (Å²) in [5.74, 6) is -2.74. The van der Waals surface area contributed by atoms with Crippen molar-refractivity contribution in [2.45, 2.75) is 44.0 Å². The van der Waals surface area contributed by atoms with Gasteiger partial charge in [-0.2, -0.15) is 0 Å². The molecule has 134 valence electrons. The van der Waals surface area contributed by atoms with Gasteiger partial charge in [0.05, 0.1) is 5.75 Å². The molecular weight excluding hydrogens is 362 g/mol. The molecule has 10 heteroatoms. The van der Waals surface area contributed by atoms with Crippen LogP contribution in [0, 0.1) is 0 Å². The van der Waals surface area contributed by atoms with Gasteiger partial charge in [-0.3, -0.25) is 14.5 Å². The van der Waals surface area contributed by atoms with Gasteiger partial charge < -0.3 is 9.47 Å². The van der Waals surface area contributed by atoms with Gasteiger partial charge in [0.1, 0.15) is 23.3 Å². The Bertz CT molecular complexity index is 735. The molecule has 24 heavy (non-hydrogen) atoms. The number of hydrogen-bond donors (Lipinski definition) is 0. The summed E-state index contributed by atoms with van der Waals surface area (Å²) in [5, 5.41) is -2.56. The van der Waals surface area contributed by atoms with Crippen LogP contribution in [0.2, 0.25) is 0 Å². The van der Waals surface area contributed by atoms with Crippen LogP contribution in [-0.4, -0.2) is 59.9 Å². The highest BCUT2D eigenvalue weighted by atomic mass is 35.5. The third-order valence-corrected chi connectivity index (χ3v) is 5.88. The Hall–Kier alpha value is -1.61. The lowest BCUT2D eigenvalue weighted by molar-refractivity contribution is -0.157. The third-order valence-electron chi connectivity index (χ3n) is 3.34. The van der Waals surface area contributed by atoms with E-state index in [0.29, 0.717) is 0 Å². The van der Waals surface area contributed by atoms with Gasteiger partial charge in [0.15, 0.2) is 15.2 Å². The van der Waals surface area contributed by atoms with E-state index in [1.54, 1.807) is 20.8 Å².